The van der Waals surface area contributed by atoms with Gasteiger partial charge < -0.3 is 9.68 Å². The summed E-state index contributed by atoms with van der Waals surface area (Å²) in [7, 11) is 1.33. The average molecular weight is 375 g/mol. The molecule has 2 aromatic carbocycles. The minimum Gasteiger partial charge on any atom is -0.398 e. The van der Waals surface area contributed by atoms with Crippen molar-refractivity contribution in [3.63, 3.8) is 0 Å². The molecule has 0 saturated heterocycles. The van der Waals surface area contributed by atoms with Gasteiger partial charge in [0.25, 0.3) is 0 Å². The van der Waals surface area contributed by atoms with E-state index in [9.17, 15) is 13.2 Å². The Morgan fingerprint density at radius 2 is 1.85 bits per heavy atom. The lowest BCUT2D eigenvalue weighted by Crippen LogP contribution is -2.07. The molecule has 2 aromatic rings. The Labute approximate surface area is 154 Å². The van der Waals surface area contributed by atoms with E-state index in [4.69, 9.17) is 10.1 Å². The maximum Gasteiger partial charge on any atom is 0.416 e. The second-order valence-electron chi connectivity index (χ2n) is 5.42. The van der Waals surface area contributed by atoms with E-state index in [0.29, 0.717) is 22.4 Å². The molecule has 0 unspecified atom stereocenters. The van der Waals surface area contributed by atoms with Crippen LogP contribution < -0.4 is 0 Å². The Kier molecular flexibility index (Phi) is 6.55. The molecule has 140 valence electrons. The van der Waals surface area contributed by atoms with Crippen LogP contribution in [0.4, 0.5) is 13.2 Å². The van der Waals surface area contributed by atoms with E-state index in [1.54, 1.807) is 31.2 Å². The van der Waals surface area contributed by atoms with E-state index >= 15 is 0 Å². The molecule has 0 saturated carbocycles. The van der Waals surface area contributed by atoms with Crippen molar-refractivity contribution < 1.29 is 22.8 Å². The predicted octanol–water partition coefficient (Wildman–Crippen LogP) is 4.52. The highest BCUT2D eigenvalue weighted by Crippen LogP contribution is 2.29. The lowest BCUT2D eigenvalue weighted by atomic mass is 10.0. The first-order valence-electron chi connectivity index (χ1n) is 7.80. The van der Waals surface area contributed by atoms with Crippen LogP contribution in [-0.2, 0) is 22.5 Å². The van der Waals surface area contributed by atoms with Crippen LogP contribution in [0, 0.1) is 11.3 Å². The van der Waals surface area contributed by atoms with Crippen molar-refractivity contribution in [3.05, 3.63) is 70.8 Å². The van der Waals surface area contributed by atoms with Gasteiger partial charge in [-0.05, 0) is 24.6 Å². The van der Waals surface area contributed by atoms with Gasteiger partial charge in [-0.25, -0.2) is 0 Å². The molecule has 0 amide bonds. The molecule has 0 atom stereocenters. The van der Waals surface area contributed by atoms with Crippen molar-refractivity contribution in [1.29, 1.82) is 5.26 Å². The molecule has 0 aliphatic rings. The molecule has 0 bridgehead atoms. The number of nitrogens with zero attached hydrogens (tertiary/aromatic N) is 3. The fraction of sp³-hybridized carbons (Fsp3) is 0.211. The topological polar surface area (TPSA) is 67.0 Å². The van der Waals surface area contributed by atoms with E-state index < -0.39 is 11.7 Å². The first kappa shape index (κ1) is 20.0. The van der Waals surface area contributed by atoms with Gasteiger partial charge in [-0.15, -0.1) is 0 Å². The van der Waals surface area contributed by atoms with Crippen LogP contribution in [0.15, 0.2) is 58.8 Å². The maximum absolute atomic E-state index is 12.8. The van der Waals surface area contributed by atoms with E-state index in [1.165, 1.54) is 19.2 Å². The fourth-order valence-electron chi connectivity index (χ4n) is 2.27. The van der Waals surface area contributed by atoms with Crippen LogP contribution in [0.5, 0.6) is 0 Å². The highest BCUT2D eigenvalue weighted by molar-refractivity contribution is 6.12. The molecular weight excluding hydrogens is 359 g/mol. The molecule has 27 heavy (non-hydrogen) atoms. The number of hydrogen-bond acceptors (Lipinski definition) is 5. The van der Waals surface area contributed by atoms with Gasteiger partial charge in [0, 0.05) is 11.1 Å². The van der Waals surface area contributed by atoms with Gasteiger partial charge in [-0.3, -0.25) is 0 Å². The normalized spacial score (nSPS) is 12.4. The zero-order valence-corrected chi connectivity index (χ0v) is 14.6. The Balaban J connectivity index is 2.17. The summed E-state index contributed by atoms with van der Waals surface area (Å²) in [6, 6.07) is 13.7. The first-order chi connectivity index (χ1) is 12.9. The fourth-order valence-corrected chi connectivity index (χ4v) is 2.27. The summed E-state index contributed by atoms with van der Waals surface area (Å²) in [6.45, 7) is 1.56. The lowest BCUT2D eigenvalue weighted by Gasteiger charge is -2.09. The second-order valence-corrected chi connectivity index (χ2v) is 5.42. The molecule has 2 rings (SSSR count). The number of alkyl halides is 3. The van der Waals surface area contributed by atoms with Crippen LogP contribution in [-0.4, -0.2) is 18.5 Å². The van der Waals surface area contributed by atoms with Crippen molar-refractivity contribution in [1.82, 2.24) is 0 Å². The van der Waals surface area contributed by atoms with Crippen molar-refractivity contribution in [2.45, 2.75) is 19.7 Å². The SMILES string of the molecule is CO/N=C(/C#N)c1ccccc1CO/N=C(\C)c1cccc(C(F)(F)F)c1. The summed E-state index contributed by atoms with van der Waals surface area (Å²) < 4.78 is 38.4. The lowest BCUT2D eigenvalue weighted by molar-refractivity contribution is -0.137. The maximum atomic E-state index is 12.8. The number of hydrogen-bond donors (Lipinski definition) is 0. The minimum absolute atomic E-state index is 0.0108. The Morgan fingerprint density at radius 1 is 1.11 bits per heavy atom. The molecule has 0 spiro atoms. The summed E-state index contributed by atoms with van der Waals surface area (Å²) >= 11 is 0. The van der Waals surface area contributed by atoms with Gasteiger partial charge in [0.1, 0.15) is 19.8 Å². The standard InChI is InChI=1S/C19H16F3N3O2/c1-13(14-7-5-8-16(10-14)19(20,21)22)24-27-12-15-6-3-4-9-17(15)18(11-23)25-26-2/h3-10H,12H2,1-2H3/b24-13+,25-18-. The van der Waals surface area contributed by atoms with Crippen molar-refractivity contribution in [2.24, 2.45) is 10.3 Å². The number of oxime groups is 2. The molecule has 0 aromatic heterocycles. The van der Waals surface area contributed by atoms with Gasteiger partial charge in [-0.1, -0.05) is 46.7 Å². The van der Waals surface area contributed by atoms with Crippen LogP contribution in [0.2, 0.25) is 0 Å². The Bertz CT molecular complexity index is 900. The van der Waals surface area contributed by atoms with E-state index in [2.05, 4.69) is 15.1 Å². The highest BCUT2D eigenvalue weighted by atomic mass is 19.4. The molecule has 0 N–H and O–H groups in total. The Morgan fingerprint density at radius 3 is 2.52 bits per heavy atom. The summed E-state index contributed by atoms with van der Waals surface area (Å²) in [6.07, 6.45) is -4.43. The smallest absolute Gasteiger partial charge is 0.398 e. The molecule has 0 fully saturated rings. The van der Waals surface area contributed by atoms with Crippen molar-refractivity contribution in [3.8, 4) is 6.07 Å². The number of nitriles is 1. The largest absolute Gasteiger partial charge is 0.416 e. The number of benzene rings is 2. The number of halogens is 3. The van der Waals surface area contributed by atoms with Gasteiger partial charge >= 0.3 is 6.18 Å². The monoisotopic (exact) mass is 375 g/mol. The highest BCUT2D eigenvalue weighted by Gasteiger charge is 2.30. The third-order valence-electron chi connectivity index (χ3n) is 3.59. The van der Waals surface area contributed by atoms with Gasteiger partial charge in [-0.2, -0.15) is 18.4 Å². The zero-order valence-electron chi connectivity index (χ0n) is 14.6. The summed E-state index contributed by atoms with van der Waals surface area (Å²) in [5.41, 5.74) is 1.08. The molecule has 8 heteroatoms. The van der Waals surface area contributed by atoms with Gasteiger partial charge in [0.2, 0.25) is 0 Å². The zero-order chi connectivity index (χ0) is 19.9. The van der Waals surface area contributed by atoms with E-state index in [0.717, 1.165) is 12.1 Å². The van der Waals surface area contributed by atoms with E-state index in [1.807, 2.05) is 6.07 Å². The molecular formula is C19H16F3N3O2. The van der Waals surface area contributed by atoms with E-state index in [-0.39, 0.29) is 12.3 Å². The average Bonchev–Trinajstić information content (AvgIpc) is 2.66. The van der Waals surface area contributed by atoms with Crippen molar-refractivity contribution in [2.75, 3.05) is 7.11 Å². The van der Waals surface area contributed by atoms with Gasteiger partial charge in [0.15, 0.2) is 5.71 Å². The summed E-state index contributed by atoms with van der Waals surface area (Å²) in [4.78, 5) is 9.92. The molecule has 5 nitrogen and oxygen atoms in total. The van der Waals surface area contributed by atoms with Crippen LogP contribution >= 0.6 is 0 Å². The number of rotatable bonds is 6. The van der Waals surface area contributed by atoms with Crippen LogP contribution in [0.1, 0.15) is 29.2 Å². The summed E-state index contributed by atoms with van der Waals surface area (Å²) in [5.74, 6) is 0. The second kappa shape index (κ2) is 8.85. The van der Waals surface area contributed by atoms with Crippen LogP contribution in [0.3, 0.4) is 0 Å². The quantitative estimate of drug-likeness (QED) is 0.551. The Hall–Kier alpha value is -3.34. The van der Waals surface area contributed by atoms with Crippen molar-refractivity contribution >= 4 is 11.4 Å². The third-order valence-corrected chi connectivity index (χ3v) is 3.59. The minimum atomic E-state index is -4.43. The summed E-state index contributed by atoms with van der Waals surface area (Å²) in [5, 5.41) is 16.7. The van der Waals surface area contributed by atoms with Gasteiger partial charge in [0.05, 0.1) is 11.3 Å². The molecule has 0 radical (unpaired) electrons. The molecule has 0 aliphatic heterocycles. The molecule has 0 aliphatic carbocycles. The molecule has 0 heterocycles. The van der Waals surface area contributed by atoms with Crippen LogP contribution in [0.25, 0.3) is 0 Å². The predicted molar refractivity (Wildman–Crippen MR) is 94.0 cm³/mol. The third kappa shape index (κ3) is 5.31. The first-order valence-corrected chi connectivity index (χ1v) is 7.80.